The molecule has 1 fully saturated rings. The first-order chi connectivity index (χ1) is 9.06. The molecule has 2 heterocycles. The maximum Gasteiger partial charge on any atom is 0.220 e. The van der Waals surface area contributed by atoms with Gasteiger partial charge in [-0.15, -0.1) is 0 Å². The van der Waals surface area contributed by atoms with Gasteiger partial charge in [0.2, 0.25) is 11.8 Å². The highest BCUT2D eigenvalue weighted by Crippen LogP contribution is 2.14. The van der Waals surface area contributed by atoms with Gasteiger partial charge >= 0.3 is 0 Å². The van der Waals surface area contributed by atoms with E-state index in [0.29, 0.717) is 32.2 Å². The van der Waals surface area contributed by atoms with Crippen LogP contribution in [0, 0.1) is 13.8 Å². The monoisotopic (exact) mass is 265 g/mol. The topological polar surface area (TPSA) is 84.2 Å². The van der Waals surface area contributed by atoms with Crippen LogP contribution in [0.1, 0.15) is 36.3 Å². The Morgan fingerprint density at radius 1 is 1.53 bits per heavy atom. The zero-order valence-corrected chi connectivity index (χ0v) is 11.3. The lowest BCUT2D eigenvalue weighted by molar-refractivity contribution is -0.125. The van der Waals surface area contributed by atoms with Crippen LogP contribution in [0.25, 0.3) is 0 Å². The molecule has 1 aromatic rings. The molecule has 0 bridgehead atoms. The number of aromatic nitrogens is 1. The average molecular weight is 265 g/mol. The molecule has 1 aliphatic heterocycles. The summed E-state index contributed by atoms with van der Waals surface area (Å²) < 4.78 is 5.06. The van der Waals surface area contributed by atoms with Crippen molar-refractivity contribution in [2.24, 2.45) is 0 Å². The van der Waals surface area contributed by atoms with Gasteiger partial charge in [-0.05, 0) is 26.7 Å². The number of carbonyl (C=O) groups excluding carboxylic acids is 2. The van der Waals surface area contributed by atoms with E-state index in [-0.39, 0.29) is 17.9 Å². The maximum absolute atomic E-state index is 11.8. The number of amides is 2. The molecule has 6 nitrogen and oxygen atoms in total. The van der Waals surface area contributed by atoms with Crippen LogP contribution < -0.4 is 10.6 Å². The summed E-state index contributed by atoms with van der Waals surface area (Å²) in [5, 5.41) is 9.55. The van der Waals surface area contributed by atoms with Crippen molar-refractivity contribution >= 4 is 11.8 Å². The lowest BCUT2D eigenvalue weighted by Crippen LogP contribution is -2.47. The van der Waals surface area contributed by atoms with Gasteiger partial charge in [-0.1, -0.05) is 5.16 Å². The molecule has 19 heavy (non-hydrogen) atoms. The minimum atomic E-state index is 0.00106. The van der Waals surface area contributed by atoms with Crippen molar-refractivity contribution in [1.82, 2.24) is 15.8 Å². The molecule has 1 atom stereocenters. The van der Waals surface area contributed by atoms with Gasteiger partial charge in [-0.2, -0.15) is 0 Å². The average Bonchev–Trinajstić information content (AvgIpc) is 2.70. The fourth-order valence-electron chi connectivity index (χ4n) is 2.25. The van der Waals surface area contributed by atoms with Crippen LogP contribution in [0.5, 0.6) is 0 Å². The molecule has 0 aliphatic carbocycles. The van der Waals surface area contributed by atoms with Crippen LogP contribution in [-0.4, -0.2) is 29.6 Å². The van der Waals surface area contributed by atoms with Gasteiger partial charge in [0, 0.05) is 31.0 Å². The highest BCUT2D eigenvalue weighted by Gasteiger charge is 2.19. The lowest BCUT2D eigenvalue weighted by Gasteiger charge is -2.23. The summed E-state index contributed by atoms with van der Waals surface area (Å²) in [4.78, 5) is 22.8. The SMILES string of the molecule is Cc1noc(C)c1CCC(=O)NC1CCC(=O)NC1. The first-order valence-corrected chi connectivity index (χ1v) is 6.54. The molecular weight excluding hydrogens is 246 g/mol. The minimum absolute atomic E-state index is 0.00106. The Balaban J connectivity index is 1.77. The highest BCUT2D eigenvalue weighted by molar-refractivity contribution is 5.79. The Kier molecular flexibility index (Phi) is 4.19. The van der Waals surface area contributed by atoms with Crippen molar-refractivity contribution in [2.75, 3.05) is 6.54 Å². The van der Waals surface area contributed by atoms with Gasteiger partial charge in [-0.3, -0.25) is 9.59 Å². The Hall–Kier alpha value is -1.85. The molecule has 1 unspecified atom stereocenters. The van der Waals surface area contributed by atoms with E-state index in [2.05, 4.69) is 15.8 Å². The number of nitrogens with one attached hydrogen (secondary N) is 2. The molecule has 2 N–H and O–H groups in total. The van der Waals surface area contributed by atoms with Crippen LogP contribution >= 0.6 is 0 Å². The Bertz CT molecular complexity index is 452. The van der Waals surface area contributed by atoms with E-state index in [1.165, 1.54) is 0 Å². The minimum Gasteiger partial charge on any atom is -0.361 e. The zero-order chi connectivity index (χ0) is 13.8. The first kappa shape index (κ1) is 13.6. The zero-order valence-electron chi connectivity index (χ0n) is 11.3. The fraction of sp³-hybridized carbons (Fsp3) is 0.615. The van der Waals surface area contributed by atoms with E-state index in [1.807, 2.05) is 13.8 Å². The summed E-state index contributed by atoms with van der Waals surface area (Å²) in [5.74, 6) is 0.831. The van der Waals surface area contributed by atoms with E-state index >= 15 is 0 Å². The predicted octanol–water partition coefficient (Wildman–Crippen LogP) is 0.619. The molecule has 104 valence electrons. The predicted molar refractivity (Wildman–Crippen MR) is 68.5 cm³/mol. The Morgan fingerprint density at radius 3 is 2.89 bits per heavy atom. The standard InChI is InChI=1S/C13H19N3O3/c1-8-11(9(2)19-16-8)4-6-13(18)15-10-3-5-12(17)14-7-10/h10H,3-7H2,1-2H3,(H,14,17)(H,15,18). The number of hydrogen-bond acceptors (Lipinski definition) is 4. The van der Waals surface area contributed by atoms with Crippen LogP contribution in [0.2, 0.25) is 0 Å². The summed E-state index contributed by atoms with van der Waals surface area (Å²) in [6, 6.07) is 0.0508. The Labute approximate surface area is 111 Å². The molecule has 6 heteroatoms. The summed E-state index contributed by atoms with van der Waals surface area (Å²) in [6.45, 7) is 4.25. The lowest BCUT2D eigenvalue weighted by atomic mass is 10.1. The second-order valence-corrected chi connectivity index (χ2v) is 4.91. The molecule has 0 radical (unpaired) electrons. The van der Waals surface area contributed by atoms with Crippen molar-refractivity contribution in [1.29, 1.82) is 0 Å². The molecular formula is C13H19N3O3. The molecule has 1 aliphatic rings. The quantitative estimate of drug-likeness (QED) is 0.835. The number of nitrogens with zero attached hydrogens (tertiary/aromatic N) is 1. The van der Waals surface area contributed by atoms with Gasteiger partial charge in [0.25, 0.3) is 0 Å². The van der Waals surface area contributed by atoms with E-state index in [4.69, 9.17) is 4.52 Å². The van der Waals surface area contributed by atoms with Crippen LogP contribution in [0.3, 0.4) is 0 Å². The summed E-state index contributed by atoms with van der Waals surface area (Å²) >= 11 is 0. The van der Waals surface area contributed by atoms with Gasteiger partial charge in [0.15, 0.2) is 0 Å². The fourth-order valence-corrected chi connectivity index (χ4v) is 2.25. The number of carbonyl (C=O) groups is 2. The summed E-state index contributed by atoms with van der Waals surface area (Å²) in [5.41, 5.74) is 1.85. The molecule has 2 amide bonds. The van der Waals surface area contributed by atoms with E-state index < -0.39 is 0 Å². The van der Waals surface area contributed by atoms with E-state index in [1.54, 1.807) is 0 Å². The van der Waals surface area contributed by atoms with Crippen molar-refractivity contribution in [3.63, 3.8) is 0 Å². The second-order valence-electron chi connectivity index (χ2n) is 4.91. The van der Waals surface area contributed by atoms with E-state index in [0.717, 1.165) is 17.0 Å². The molecule has 2 rings (SSSR count). The summed E-state index contributed by atoms with van der Waals surface area (Å²) in [7, 11) is 0. The third kappa shape index (κ3) is 3.56. The van der Waals surface area contributed by atoms with Crippen molar-refractivity contribution in [3.05, 3.63) is 17.0 Å². The smallest absolute Gasteiger partial charge is 0.220 e. The van der Waals surface area contributed by atoms with E-state index in [9.17, 15) is 9.59 Å². The number of aryl methyl sites for hydroxylation is 2. The van der Waals surface area contributed by atoms with Gasteiger partial charge < -0.3 is 15.2 Å². The van der Waals surface area contributed by atoms with Crippen molar-refractivity contribution in [3.8, 4) is 0 Å². The Morgan fingerprint density at radius 2 is 2.32 bits per heavy atom. The number of piperidine rings is 1. The third-order valence-electron chi connectivity index (χ3n) is 3.41. The van der Waals surface area contributed by atoms with Gasteiger partial charge in [-0.25, -0.2) is 0 Å². The van der Waals surface area contributed by atoms with Crippen LogP contribution in [0.15, 0.2) is 4.52 Å². The largest absolute Gasteiger partial charge is 0.361 e. The molecule has 0 saturated carbocycles. The molecule has 0 aromatic carbocycles. The van der Waals surface area contributed by atoms with Gasteiger partial charge in [0.05, 0.1) is 5.69 Å². The molecule has 1 aromatic heterocycles. The van der Waals surface area contributed by atoms with Crippen molar-refractivity contribution in [2.45, 2.75) is 45.6 Å². The maximum atomic E-state index is 11.8. The summed E-state index contributed by atoms with van der Waals surface area (Å²) in [6.07, 6.45) is 2.23. The number of hydrogen-bond donors (Lipinski definition) is 2. The normalized spacial score (nSPS) is 19.1. The van der Waals surface area contributed by atoms with Crippen LogP contribution in [-0.2, 0) is 16.0 Å². The molecule has 1 saturated heterocycles. The van der Waals surface area contributed by atoms with Gasteiger partial charge in [0.1, 0.15) is 5.76 Å². The highest BCUT2D eigenvalue weighted by atomic mass is 16.5. The van der Waals surface area contributed by atoms with Crippen LogP contribution in [0.4, 0.5) is 0 Å². The number of rotatable bonds is 4. The first-order valence-electron chi connectivity index (χ1n) is 6.54. The molecule has 0 spiro atoms. The second kappa shape index (κ2) is 5.86. The van der Waals surface area contributed by atoms with Crippen molar-refractivity contribution < 1.29 is 14.1 Å². The third-order valence-corrected chi connectivity index (χ3v) is 3.41.